The van der Waals surface area contributed by atoms with E-state index in [4.69, 9.17) is 0 Å². The quantitative estimate of drug-likeness (QED) is 0.676. The average molecular weight is 357 g/mol. The first-order valence-electron chi connectivity index (χ1n) is 5.53. The summed E-state index contributed by atoms with van der Waals surface area (Å²) >= 11 is 3.23. The molecule has 0 amide bonds. The van der Waals surface area contributed by atoms with E-state index in [-0.39, 0.29) is 10.7 Å². The van der Waals surface area contributed by atoms with E-state index in [2.05, 4.69) is 25.9 Å². The van der Waals surface area contributed by atoms with Gasteiger partial charge < -0.3 is 0 Å². The fraction of sp³-hybridized carbons (Fsp3) is 0. The number of hydrazone groups is 1. The number of nitrogens with zero attached hydrogens (tertiary/aromatic N) is 1. The second-order valence-electron chi connectivity index (χ2n) is 3.86. The summed E-state index contributed by atoms with van der Waals surface area (Å²) in [7, 11) is -3.70. The molecule has 1 N–H and O–H groups in total. The third kappa shape index (κ3) is 3.88. The first-order valence-corrected chi connectivity index (χ1v) is 7.81. The predicted molar refractivity (Wildman–Crippen MR) is 78.5 cm³/mol. The third-order valence-corrected chi connectivity index (χ3v) is 4.15. The van der Waals surface area contributed by atoms with Crippen LogP contribution in [0, 0.1) is 5.82 Å². The molecule has 0 aliphatic heterocycles. The van der Waals surface area contributed by atoms with Crippen molar-refractivity contribution in [2.75, 3.05) is 0 Å². The van der Waals surface area contributed by atoms with E-state index in [1.165, 1.54) is 42.6 Å². The Morgan fingerprint density at radius 3 is 2.25 bits per heavy atom. The topological polar surface area (TPSA) is 58.5 Å². The zero-order chi connectivity index (χ0) is 14.6. The van der Waals surface area contributed by atoms with Crippen LogP contribution in [-0.2, 0) is 10.0 Å². The maximum absolute atomic E-state index is 12.7. The Labute approximate surface area is 124 Å². The molecule has 0 atom stereocenters. The van der Waals surface area contributed by atoms with Crippen LogP contribution in [-0.4, -0.2) is 14.6 Å². The van der Waals surface area contributed by atoms with Gasteiger partial charge >= 0.3 is 0 Å². The van der Waals surface area contributed by atoms with E-state index in [9.17, 15) is 12.8 Å². The van der Waals surface area contributed by atoms with Crippen molar-refractivity contribution >= 4 is 32.2 Å². The van der Waals surface area contributed by atoms with E-state index in [0.29, 0.717) is 5.56 Å². The average Bonchev–Trinajstić information content (AvgIpc) is 2.41. The standard InChI is InChI=1S/C13H10BrFN2O2S/c14-11-3-7-13(8-4-11)20(18,19)17-16-9-10-1-5-12(15)6-2-10/h1-9,17H/b16-9+. The maximum Gasteiger partial charge on any atom is 0.276 e. The number of nitrogens with one attached hydrogen (secondary N) is 1. The SMILES string of the molecule is O=S(=O)(N/N=C/c1ccc(F)cc1)c1ccc(Br)cc1. The minimum atomic E-state index is -3.70. The second kappa shape index (κ2) is 6.15. The molecule has 0 aromatic heterocycles. The Balaban J connectivity index is 2.09. The number of halogens is 2. The van der Waals surface area contributed by atoms with Crippen molar-refractivity contribution in [2.24, 2.45) is 5.10 Å². The molecule has 0 saturated heterocycles. The van der Waals surface area contributed by atoms with Crippen molar-refractivity contribution in [3.05, 3.63) is 64.4 Å². The lowest BCUT2D eigenvalue weighted by Crippen LogP contribution is -2.18. The summed E-state index contributed by atoms with van der Waals surface area (Å²) in [5.41, 5.74) is 0.588. The zero-order valence-corrected chi connectivity index (χ0v) is 12.5. The molecule has 0 heterocycles. The van der Waals surface area contributed by atoms with Gasteiger partial charge in [-0.2, -0.15) is 13.5 Å². The molecule has 0 aliphatic carbocycles. The van der Waals surface area contributed by atoms with Gasteiger partial charge in [0.1, 0.15) is 5.82 Å². The Hall–Kier alpha value is -1.73. The summed E-state index contributed by atoms with van der Waals surface area (Å²) in [6.45, 7) is 0. The van der Waals surface area contributed by atoms with Crippen LogP contribution < -0.4 is 4.83 Å². The summed E-state index contributed by atoms with van der Waals surface area (Å²) < 4.78 is 37.3. The molecule has 2 aromatic rings. The predicted octanol–water partition coefficient (Wildman–Crippen LogP) is 2.90. The molecule has 2 rings (SSSR count). The first kappa shape index (κ1) is 14.7. The smallest absolute Gasteiger partial charge is 0.207 e. The van der Waals surface area contributed by atoms with Gasteiger partial charge in [0.2, 0.25) is 0 Å². The van der Waals surface area contributed by atoms with E-state index in [1.54, 1.807) is 12.1 Å². The Morgan fingerprint density at radius 1 is 1.05 bits per heavy atom. The Morgan fingerprint density at radius 2 is 1.65 bits per heavy atom. The van der Waals surface area contributed by atoms with Crippen molar-refractivity contribution in [1.82, 2.24) is 4.83 Å². The lowest BCUT2D eigenvalue weighted by molar-refractivity contribution is 0.584. The zero-order valence-electron chi connectivity index (χ0n) is 10.1. The highest BCUT2D eigenvalue weighted by atomic mass is 79.9. The van der Waals surface area contributed by atoms with Crippen LogP contribution in [0.5, 0.6) is 0 Å². The molecule has 7 heteroatoms. The van der Waals surface area contributed by atoms with Crippen LogP contribution in [0.15, 0.2) is 63.0 Å². The third-order valence-electron chi connectivity index (χ3n) is 2.38. The van der Waals surface area contributed by atoms with E-state index in [0.717, 1.165) is 4.47 Å². The second-order valence-corrected chi connectivity index (χ2v) is 6.43. The number of hydrogen-bond acceptors (Lipinski definition) is 3. The van der Waals surface area contributed by atoms with Crippen LogP contribution in [0.2, 0.25) is 0 Å². The van der Waals surface area contributed by atoms with Crippen molar-refractivity contribution < 1.29 is 12.8 Å². The Bertz CT molecular complexity index is 713. The van der Waals surface area contributed by atoms with Gasteiger partial charge in [0.25, 0.3) is 10.0 Å². The summed E-state index contributed by atoms with van der Waals surface area (Å²) in [4.78, 5) is 2.20. The molecule has 0 spiro atoms. The molecule has 0 saturated carbocycles. The fourth-order valence-corrected chi connectivity index (χ4v) is 2.44. The lowest BCUT2D eigenvalue weighted by Gasteiger charge is -2.03. The van der Waals surface area contributed by atoms with Crippen molar-refractivity contribution in [2.45, 2.75) is 4.90 Å². The molecule has 4 nitrogen and oxygen atoms in total. The normalized spacial score (nSPS) is 11.7. The van der Waals surface area contributed by atoms with Gasteiger partial charge in [0, 0.05) is 4.47 Å². The summed E-state index contributed by atoms with van der Waals surface area (Å²) in [6, 6.07) is 11.7. The first-order chi connectivity index (χ1) is 9.47. The van der Waals surface area contributed by atoms with Gasteiger partial charge in [0.05, 0.1) is 11.1 Å². The molecular formula is C13H10BrFN2O2S. The largest absolute Gasteiger partial charge is 0.276 e. The summed E-state index contributed by atoms with van der Waals surface area (Å²) in [5.74, 6) is -0.363. The van der Waals surface area contributed by atoms with Crippen LogP contribution in [0.3, 0.4) is 0 Å². The highest BCUT2D eigenvalue weighted by Crippen LogP contribution is 2.14. The van der Waals surface area contributed by atoms with E-state index in [1.807, 2.05) is 0 Å². The van der Waals surface area contributed by atoms with Gasteiger partial charge in [-0.05, 0) is 42.0 Å². The molecule has 0 aliphatic rings. The molecule has 0 radical (unpaired) electrons. The fourth-order valence-electron chi connectivity index (χ4n) is 1.39. The van der Waals surface area contributed by atoms with Gasteiger partial charge in [-0.3, -0.25) is 0 Å². The summed E-state index contributed by atoms with van der Waals surface area (Å²) in [5, 5.41) is 3.64. The van der Waals surface area contributed by atoms with Gasteiger partial charge in [-0.15, -0.1) is 0 Å². The number of rotatable bonds is 4. The van der Waals surface area contributed by atoms with E-state index < -0.39 is 10.0 Å². The lowest BCUT2D eigenvalue weighted by atomic mass is 10.2. The van der Waals surface area contributed by atoms with Crippen LogP contribution in [0.4, 0.5) is 4.39 Å². The molecule has 2 aromatic carbocycles. The number of hydrogen-bond donors (Lipinski definition) is 1. The number of benzene rings is 2. The summed E-state index contributed by atoms with van der Waals surface area (Å²) in [6.07, 6.45) is 1.30. The monoisotopic (exact) mass is 356 g/mol. The van der Waals surface area contributed by atoms with Gasteiger partial charge in [0.15, 0.2) is 0 Å². The minimum absolute atomic E-state index is 0.108. The van der Waals surface area contributed by atoms with Crippen LogP contribution >= 0.6 is 15.9 Å². The van der Waals surface area contributed by atoms with E-state index >= 15 is 0 Å². The minimum Gasteiger partial charge on any atom is -0.207 e. The maximum atomic E-state index is 12.7. The molecule has 0 unspecified atom stereocenters. The van der Waals surface area contributed by atoms with Crippen LogP contribution in [0.1, 0.15) is 5.56 Å². The molecular weight excluding hydrogens is 347 g/mol. The molecule has 0 bridgehead atoms. The molecule has 104 valence electrons. The van der Waals surface area contributed by atoms with Gasteiger partial charge in [-0.1, -0.05) is 28.1 Å². The van der Waals surface area contributed by atoms with Crippen molar-refractivity contribution in [3.8, 4) is 0 Å². The van der Waals surface area contributed by atoms with Crippen molar-refractivity contribution in [1.29, 1.82) is 0 Å². The highest BCUT2D eigenvalue weighted by molar-refractivity contribution is 9.10. The molecule has 0 fully saturated rings. The number of sulfonamides is 1. The highest BCUT2D eigenvalue weighted by Gasteiger charge is 2.11. The van der Waals surface area contributed by atoms with Gasteiger partial charge in [-0.25, -0.2) is 9.22 Å². The van der Waals surface area contributed by atoms with Crippen molar-refractivity contribution in [3.63, 3.8) is 0 Å². The van der Waals surface area contributed by atoms with Crippen LogP contribution in [0.25, 0.3) is 0 Å². The Kier molecular flexibility index (Phi) is 4.51. The molecule has 20 heavy (non-hydrogen) atoms.